The average Bonchev–Trinajstić information content (AvgIpc) is 2.78. The van der Waals surface area contributed by atoms with Crippen molar-refractivity contribution in [3.63, 3.8) is 0 Å². The van der Waals surface area contributed by atoms with Crippen LogP contribution >= 0.6 is 11.6 Å². The zero-order valence-corrected chi connectivity index (χ0v) is 10.9. The van der Waals surface area contributed by atoms with Gasteiger partial charge in [-0.3, -0.25) is 0 Å². The molecule has 0 radical (unpaired) electrons. The lowest BCUT2D eigenvalue weighted by Crippen LogP contribution is -2.12. The van der Waals surface area contributed by atoms with Gasteiger partial charge in [-0.25, -0.2) is 13.1 Å². The molecule has 17 heavy (non-hydrogen) atoms. The van der Waals surface area contributed by atoms with Crippen LogP contribution in [0.3, 0.4) is 0 Å². The minimum Gasteiger partial charge on any atom is -0.248 e. The smallest absolute Gasteiger partial charge is 0.152 e. The lowest BCUT2D eigenvalue weighted by Gasteiger charge is -2.09. The molecular weight excluding hydrogens is 262 g/mol. The van der Waals surface area contributed by atoms with E-state index in [0.717, 1.165) is 0 Å². The van der Waals surface area contributed by atoms with Crippen molar-refractivity contribution in [1.29, 1.82) is 5.26 Å². The summed E-state index contributed by atoms with van der Waals surface area (Å²) >= 11 is 6.06. The molecule has 1 saturated heterocycles. The third-order valence-corrected chi connectivity index (χ3v) is 5.04. The molecule has 1 atom stereocenters. The van der Waals surface area contributed by atoms with Crippen molar-refractivity contribution in [3.8, 4) is 6.07 Å². The number of aromatic nitrogens is 2. The molecule has 0 aliphatic carbocycles. The Hall–Kier alpha value is -1.06. The molecule has 1 aromatic heterocycles. The van der Waals surface area contributed by atoms with E-state index in [1.54, 1.807) is 0 Å². The summed E-state index contributed by atoms with van der Waals surface area (Å²) in [5.74, 6) is 0.222. The van der Waals surface area contributed by atoms with E-state index in [1.807, 2.05) is 13.0 Å². The van der Waals surface area contributed by atoms with E-state index in [4.69, 9.17) is 16.9 Å². The highest BCUT2D eigenvalue weighted by Gasteiger charge is 2.32. The van der Waals surface area contributed by atoms with E-state index in [0.29, 0.717) is 24.1 Å². The number of hydrogen-bond donors (Lipinski definition) is 0. The van der Waals surface area contributed by atoms with E-state index in [9.17, 15) is 8.42 Å². The highest BCUT2D eigenvalue weighted by Crippen LogP contribution is 2.29. The maximum Gasteiger partial charge on any atom is 0.152 e. The average molecular weight is 274 g/mol. The third kappa shape index (κ3) is 2.17. The fraction of sp³-hybridized carbons (Fsp3) is 0.600. The molecule has 2 heterocycles. The molecule has 92 valence electrons. The van der Waals surface area contributed by atoms with Crippen LogP contribution in [0.15, 0.2) is 0 Å². The number of sulfone groups is 1. The van der Waals surface area contributed by atoms with Crippen molar-refractivity contribution < 1.29 is 8.42 Å². The first-order valence-electron chi connectivity index (χ1n) is 5.36. The summed E-state index contributed by atoms with van der Waals surface area (Å²) < 4.78 is 24.3. The molecule has 0 bridgehead atoms. The van der Waals surface area contributed by atoms with Gasteiger partial charge in [0.1, 0.15) is 16.8 Å². The first kappa shape index (κ1) is 12.4. The Labute approximate surface area is 105 Å². The molecule has 0 N–H and O–H groups in total. The summed E-state index contributed by atoms with van der Waals surface area (Å²) in [6, 6.07) is 1.78. The summed E-state index contributed by atoms with van der Waals surface area (Å²) in [6.07, 6.45) is 1.12. The van der Waals surface area contributed by atoms with Crippen molar-refractivity contribution >= 4 is 21.4 Å². The molecule has 0 amide bonds. The number of hydrogen-bond acceptors (Lipinski definition) is 4. The molecule has 0 spiro atoms. The zero-order chi connectivity index (χ0) is 12.6. The SMILES string of the molecule is CCc1nn(C2CCS(=O)(=O)C2)c(Cl)c1C#N. The van der Waals surface area contributed by atoms with E-state index < -0.39 is 9.84 Å². The van der Waals surface area contributed by atoms with Crippen LogP contribution < -0.4 is 0 Å². The fourth-order valence-corrected chi connectivity index (χ4v) is 4.05. The van der Waals surface area contributed by atoms with E-state index in [2.05, 4.69) is 5.10 Å². The second-order valence-electron chi connectivity index (χ2n) is 4.08. The Kier molecular flexibility index (Phi) is 3.15. The van der Waals surface area contributed by atoms with Crippen LogP contribution in [0.5, 0.6) is 0 Å². The molecule has 5 nitrogen and oxygen atoms in total. The maximum atomic E-state index is 11.4. The van der Waals surface area contributed by atoms with Crippen LogP contribution in [0, 0.1) is 11.3 Å². The van der Waals surface area contributed by atoms with Gasteiger partial charge in [0.25, 0.3) is 0 Å². The number of nitrogens with zero attached hydrogens (tertiary/aromatic N) is 3. The van der Waals surface area contributed by atoms with Crippen molar-refractivity contribution in [3.05, 3.63) is 16.4 Å². The van der Waals surface area contributed by atoms with Crippen LogP contribution in [-0.2, 0) is 16.3 Å². The molecule has 1 unspecified atom stereocenters. The minimum atomic E-state index is -2.98. The first-order chi connectivity index (χ1) is 7.98. The Morgan fingerprint density at radius 3 is 2.76 bits per heavy atom. The molecule has 0 aromatic carbocycles. The molecular formula is C10H12ClN3O2S. The van der Waals surface area contributed by atoms with E-state index >= 15 is 0 Å². The standard InChI is InChI=1S/C10H12ClN3O2S/c1-2-9-8(5-12)10(11)14(13-9)7-3-4-17(15,16)6-7/h7H,2-4,6H2,1H3. The summed E-state index contributed by atoms with van der Waals surface area (Å²) in [5, 5.41) is 13.5. The van der Waals surface area contributed by atoms with Crippen LogP contribution in [0.2, 0.25) is 5.15 Å². The van der Waals surface area contributed by atoms with Crippen LogP contribution in [0.1, 0.15) is 30.6 Å². The van der Waals surface area contributed by atoms with Gasteiger partial charge in [0.2, 0.25) is 0 Å². The van der Waals surface area contributed by atoms with Crippen molar-refractivity contribution in [2.75, 3.05) is 11.5 Å². The lowest BCUT2D eigenvalue weighted by atomic mass is 10.2. The van der Waals surface area contributed by atoms with Gasteiger partial charge in [-0.05, 0) is 12.8 Å². The van der Waals surface area contributed by atoms with E-state index in [1.165, 1.54) is 4.68 Å². The van der Waals surface area contributed by atoms with Gasteiger partial charge in [0.05, 0.1) is 23.2 Å². The van der Waals surface area contributed by atoms with Gasteiger partial charge in [-0.1, -0.05) is 18.5 Å². The summed E-state index contributed by atoms with van der Waals surface area (Å²) in [6.45, 7) is 1.88. The molecule has 2 rings (SSSR count). The van der Waals surface area contributed by atoms with Crippen molar-refractivity contribution in [1.82, 2.24) is 9.78 Å². The molecule has 1 fully saturated rings. The largest absolute Gasteiger partial charge is 0.248 e. The Balaban J connectivity index is 2.42. The summed E-state index contributed by atoms with van der Waals surface area (Å²) in [4.78, 5) is 0. The summed E-state index contributed by atoms with van der Waals surface area (Å²) in [5.41, 5.74) is 0.986. The second-order valence-corrected chi connectivity index (χ2v) is 6.67. The molecule has 7 heteroatoms. The molecule has 1 aliphatic heterocycles. The van der Waals surface area contributed by atoms with E-state index in [-0.39, 0.29) is 22.7 Å². The topological polar surface area (TPSA) is 75.8 Å². The maximum absolute atomic E-state index is 11.4. The van der Waals surface area contributed by atoms with Crippen molar-refractivity contribution in [2.24, 2.45) is 0 Å². The molecule has 1 aliphatic rings. The second kappa shape index (κ2) is 4.31. The number of rotatable bonds is 2. The van der Waals surface area contributed by atoms with Crippen molar-refractivity contribution in [2.45, 2.75) is 25.8 Å². The predicted octanol–water partition coefficient (Wildman–Crippen LogP) is 1.33. The van der Waals surface area contributed by atoms with Gasteiger partial charge in [-0.2, -0.15) is 10.4 Å². The van der Waals surface area contributed by atoms with Crippen LogP contribution in [-0.4, -0.2) is 29.7 Å². The Morgan fingerprint density at radius 2 is 2.35 bits per heavy atom. The molecule has 1 aromatic rings. The fourth-order valence-electron chi connectivity index (χ4n) is 2.03. The predicted molar refractivity (Wildman–Crippen MR) is 63.6 cm³/mol. The van der Waals surface area contributed by atoms with Gasteiger partial charge in [-0.15, -0.1) is 0 Å². The monoisotopic (exact) mass is 273 g/mol. The number of halogens is 1. The first-order valence-corrected chi connectivity index (χ1v) is 7.56. The highest BCUT2D eigenvalue weighted by atomic mass is 35.5. The van der Waals surface area contributed by atoms with Crippen LogP contribution in [0.25, 0.3) is 0 Å². The summed E-state index contributed by atoms with van der Waals surface area (Å²) in [7, 11) is -2.98. The molecule has 0 saturated carbocycles. The lowest BCUT2D eigenvalue weighted by molar-refractivity contribution is 0.496. The van der Waals surface area contributed by atoms with Gasteiger partial charge < -0.3 is 0 Å². The quantitative estimate of drug-likeness (QED) is 0.815. The normalized spacial score (nSPS) is 22.5. The van der Waals surface area contributed by atoms with Crippen LogP contribution in [0.4, 0.5) is 0 Å². The van der Waals surface area contributed by atoms with Gasteiger partial charge >= 0.3 is 0 Å². The Morgan fingerprint density at radius 1 is 1.65 bits per heavy atom. The zero-order valence-electron chi connectivity index (χ0n) is 9.35. The van der Waals surface area contributed by atoms with Gasteiger partial charge in [0, 0.05) is 0 Å². The number of aryl methyl sites for hydroxylation is 1. The minimum absolute atomic E-state index is 0.0580. The highest BCUT2D eigenvalue weighted by molar-refractivity contribution is 7.91. The Bertz CT molecular complexity index is 585. The number of nitriles is 1. The third-order valence-electron chi connectivity index (χ3n) is 2.93. The van der Waals surface area contributed by atoms with Gasteiger partial charge in [0.15, 0.2) is 9.84 Å².